The molecule has 0 aliphatic heterocycles. The Kier molecular flexibility index (Phi) is 3.59. The predicted octanol–water partition coefficient (Wildman–Crippen LogP) is 2.91. The zero-order valence-corrected chi connectivity index (χ0v) is 7.89. The molecule has 0 radical (unpaired) electrons. The summed E-state index contributed by atoms with van der Waals surface area (Å²) in [4.78, 5) is 0. The van der Waals surface area contributed by atoms with Crippen LogP contribution in [0.5, 0.6) is 11.5 Å². The third-order valence-corrected chi connectivity index (χ3v) is 1.46. The van der Waals surface area contributed by atoms with E-state index in [-0.39, 0.29) is 0 Å². The van der Waals surface area contributed by atoms with Crippen LogP contribution in [-0.2, 0) is 0 Å². The highest BCUT2D eigenvalue weighted by atomic mass is 19.4. The first-order valence-corrected chi connectivity index (χ1v) is 3.98. The van der Waals surface area contributed by atoms with Gasteiger partial charge in [-0.05, 0) is 0 Å². The Bertz CT molecular complexity index is 406. The highest BCUT2D eigenvalue weighted by Gasteiger charge is 2.34. The molecule has 1 rings (SSSR count). The van der Waals surface area contributed by atoms with Crippen LogP contribution in [0.4, 0.5) is 32.0 Å². The number of ether oxygens (including phenoxy) is 2. The minimum absolute atomic E-state index is 0.427. The smallest absolute Gasteiger partial charge is 0.428 e. The lowest BCUT2D eigenvalue weighted by Gasteiger charge is -2.14. The van der Waals surface area contributed by atoms with Crippen LogP contribution >= 0.6 is 0 Å². The van der Waals surface area contributed by atoms with Crippen LogP contribution in [0.1, 0.15) is 0 Å². The van der Waals surface area contributed by atoms with E-state index in [0.717, 1.165) is 0 Å². The maximum absolute atomic E-state index is 13.1. The summed E-state index contributed by atoms with van der Waals surface area (Å²) in [7, 11) is 0. The number of nitrogen functional groups attached to an aromatic ring is 1. The molecule has 96 valence electrons. The van der Waals surface area contributed by atoms with Crippen molar-refractivity contribution in [3.8, 4) is 11.5 Å². The van der Waals surface area contributed by atoms with Gasteiger partial charge in [0.05, 0.1) is 0 Å². The zero-order valence-electron chi connectivity index (χ0n) is 7.89. The molecule has 1 aromatic rings. The number of hydrogen-bond acceptors (Lipinski definition) is 3. The average Bonchev–Trinajstić information content (AvgIpc) is 2.07. The van der Waals surface area contributed by atoms with Gasteiger partial charge in [-0.1, -0.05) is 0 Å². The van der Waals surface area contributed by atoms with E-state index in [1.165, 1.54) is 0 Å². The van der Waals surface area contributed by atoms with Crippen LogP contribution in [0.2, 0.25) is 0 Å². The molecule has 2 N–H and O–H groups in total. The average molecular weight is 261 g/mol. The fraction of sp³-hybridized carbons (Fsp3) is 0.250. The molecule has 0 bridgehead atoms. The highest BCUT2D eigenvalue weighted by molar-refractivity contribution is 5.53. The molecule has 0 amide bonds. The van der Waals surface area contributed by atoms with Crippen LogP contribution < -0.4 is 15.2 Å². The molecule has 17 heavy (non-hydrogen) atoms. The van der Waals surface area contributed by atoms with Crippen molar-refractivity contribution in [3.63, 3.8) is 0 Å². The Morgan fingerprint density at radius 2 is 1.76 bits per heavy atom. The van der Waals surface area contributed by atoms with Gasteiger partial charge in [-0.15, -0.1) is 13.2 Å². The van der Waals surface area contributed by atoms with Gasteiger partial charge in [-0.2, -0.15) is 8.78 Å². The van der Waals surface area contributed by atoms with Crippen LogP contribution in [0, 0.1) is 5.82 Å². The van der Waals surface area contributed by atoms with E-state index in [4.69, 9.17) is 5.73 Å². The number of benzene rings is 1. The van der Waals surface area contributed by atoms with Crippen LogP contribution in [0.3, 0.4) is 0 Å². The van der Waals surface area contributed by atoms with Gasteiger partial charge in [0.2, 0.25) is 5.75 Å². The second kappa shape index (κ2) is 4.60. The zero-order chi connectivity index (χ0) is 13.2. The van der Waals surface area contributed by atoms with Crippen molar-refractivity contribution in [2.24, 2.45) is 0 Å². The maximum atomic E-state index is 13.1. The first kappa shape index (κ1) is 13.3. The van der Waals surface area contributed by atoms with Gasteiger partial charge in [-0.3, -0.25) is 0 Å². The Morgan fingerprint density at radius 3 is 2.24 bits per heavy atom. The van der Waals surface area contributed by atoms with Crippen LogP contribution in [-0.4, -0.2) is 13.0 Å². The van der Waals surface area contributed by atoms with Gasteiger partial charge < -0.3 is 15.2 Å². The van der Waals surface area contributed by atoms with E-state index < -0.39 is 36.0 Å². The fourth-order valence-electron chi connectivity index (χ4n) is 0.992. The first-order chi connectivity index (χ1) is 7.69. The largest absolute Gasteiger partial charge is 0.573 e. The van der Waals surface area contributed by atoms with Crippen molar-refractivity contribution in [1.29, 1.82) is 0 Å². The number of hydrogen-bond donors (Lipinski definition) is 1. The molecule has 0 heterocycles. The summed E-state index contributed by atoms with van der Waals surface area (Å²) in [6.45, 7) is -3.50. The molecule has 0 unspecified atom stereocenters. The lowest BCUT2D eigenvalue weighted by Crippen LogP contribution is -2.19. The van der Waals surface area contributed by atoms with Crippen LogP contribution in [0.25, 0.3) is 0 Å². The third kappa shape index (κ3) is 3.93. The molecule has 0 fully saturated rings. The summed E-state index contributed by atoms with van der Waals surface area (Å²) >= 11 is 0. The summed E-state index contributed by atoms with van der Waals surface area (Å²) in [6.07, 6.45) is -5.18. The van der Waals surface area contributed by atoms with Crippen molar-refractivity contribution < 1.29 is 35.8 Å². The Morgan fingerprint density at radius 1 is 1.18 bits per heavy atom. The predicted molar refractivity (Wildman–Crippen MR) is 44.1 cm³/mol. The minimum atomic E-state index is -5.18. The SMILES string of the molecule is Nc1cc(F)c(OC(F)F)c(OC(F)(F)F)c1. The van der Waals surface area contributed by atoms with Gasteiger partial charge in [-0.25, -0.2) is 4.39 Å². The number of anilines is 1. The molecule has 0 aliphatic rings. The monoisotopic (exact) mass is 261 g/mol. The summed E-state index contributed by atoms with van der Waals surface area (Å²) in [6, 6.07) is 1.05. The first-order valence-electron chi connectivity index (χ1n) is 3.98. The van der Waals surface area contributed by atoms with E-state index in [1.54, 1.807) is 0 Å². The van der Waals surface area contributed by atoms with E-state index in [9.17, 15) is 26.3 Å². The Labute approximate surface area is 90.7 Å². The molecule has 0 saturated heterocycles. The molecular formula is C8H5F6NO2. The van der Waals surface area contributed by atoms with E-state index in [0.29, 0.717) is 12.1 Å². The molecule has 3 nitrogen and oxygen atoms in total. The van der Waals surface area contributed by atoms with E-state index in [2.05, 4.69) is 9.47 Å². The summed E-state index contributed by atoms with van der Waals surface area (Å²) in [5.74, 6) is -4.11. The van der Waals surface area contributed by atoms with Crippen molar-refractivity contribution in [2.75, 3.05) is 5.73 Å². The van der Waals surface area contributed by atoms with Gasteiger partial charge >= 0.3 is 13.0 Å². The molecule has 0 saturated carbocycles. The van der Waals surface area contributed by atoms with Gasteiger partial charge in [0, 0.05) is 17.8 Å². The molecule has 0 atom stereocenters. The Balaban J connectivity index is 3.15. The number of halogens is 6. The summed E-state index contributed by atoms with van der Waals surface area (Å²) in [5, 5.41) is 0. The molecule has 9 heteroatoms. The molecule has 0 aromatic heterocycles. The fourth-order valence-corrected chi connectivity index (χ4v) is 0.992. The number of nitrogens with two attached hydrogens (primary N) is 1. The highest BCUT2D eigenvalue weighted by Crippen LogP contribution is 2.37. The van der Waals surface area contributed by atoms with Crippen molar-refractivity contribution in [2.45, 2.75) is 13.0 Å². The number of alkyl halides is 5. The van der Waals surface area contributed by atoms with Crippen molar-refractivity contribution in [1.82, 2.24) is 0 Å². The third-order valence-electron chi connectivity index (χ3n) is 1.46. The van der Waals surface area contributed by atoms with Gasteiger partial charge in [0.1, 0.15) is 0 Å². The lowest BCUT2D eigenvalue weighted by atomic mass is 10.2. The molecule has 0 spiro atoms. The van der Waals surface area contributed by atoms with Gasteiger partial charge in [0.15, 0.2) is 11.6 Å². The molecule has 1 aromatic carbocycles. The lowest BCUT2D eigenvalue weighted by molar-refractivity contribution is -0.275. The van der Waals surface area contributed by atoms with Crippen molar-refractivity contribution in [3.05, 3.63) is 17.9 Å². The normalized spacial score (nSPS) is 11.7. The van der Waals surface area contributed by atoms with E-state index in [1.807, 2.05) is 0 Å². The second-order valence-corrected chi connectivity index (χ2v) is 2.76. The topological polar surface area (TPSA) is 44.5 Å². The second-order valence-electron chi connectivity index (χ2n) is 2.76. The van der Waals surface area contributed by atoms with Gasteiger partial charge in [0.25, 0.3) is 0 Å². The summed E-state index contributed by atoms with van der Waals surface area (Å²) in [5.41, 5.74) is 4.62. The summed E-state index contributed by atoms with van der Waals surface area (Å²) < 4.78 is 79.4. The quantitative estimate of drug-likeness (QED) is 0.672. The van der Waals surface area contributed by atoms with E-state index >= 15 is 0 Å². The minimum Gasteiger partial charge on any atom is -0.428 e. The maximum Gasteiger partial charge on any atom is 0.573 e. The standard InChI is InChI=1S/C8H5F6NO2/c9-4-1-3(15)2-5(17-8(12,13)14)6(4)16-7(10)11/h1-2,7H,15H2. The van der Waals surface area contributed by atoms with Crippen molar-refractivity contribution >= 4 is 5.69 Å². The number of rotatable bonds is 3. The Hall–Kier alpha value is -1.80. The van der Waals surface area contributed by atoms with Crippen LogP contribution in [0.15, 0.2) is 12.1 Å². The molecule has 0 aliphatic carbocycles. The molecular weight excluding hydrogens is 256 g/mol.